The molecule has 0 bridgehead atoms. The summed E-state index contributed by atoms with van der Waals surface area (Å²) in [4.78, 5) is 24.7. The van der Waals surface area contributed by atoms with Crippen molar-refractivity contribution >= 4 is 11.9 Å². The number of allylic oxidation sites excluding steroid dienone is 6. The van der Waals surface area contributed by atoms with Gasteiger partial charge in [-0.05, 0) is 83.5 Å². The molecule has 0 aromatic carbocycles. The molecule has 0 radical (unpaired) electrons. The van der Waals surface area contributed by atoms with Crippen molar-refractivity contribution in [3.05, 3.63) is 36.5 Å². The van der Waals surface area contributed by atoms with Gasteiger partial charge in [0.1, 0.15) is 0 Å². The first-order valence-electron chi connectivity index (χ1n) is 41.2. The van der Waals surface area contributed by atoms with Crippen molar-refractivity contribution in [2.24, 2.45) is 0 Å². The molecule has 90 heavy (non-hydrogen) atoms. The largest absolute Gasteiger partial charge is 0.466 e. The van der Waals surface area contributed by atoms with Crippen molar-refractivity contribution in [2.45, 2.75) is 475 Å². The zero-order valence-corrected chi connectivity index (χ0v) is 61.1. The highest BCUT2D eigenvalue weighted by atomic mass is 16.5. The van der Waals surface area contributed by atoms with E-state index in [1.807, 2.05) is 0 Å². The van der Waals surface area contributed by atoms with Gasteiger partial charge in [-0.2, -0.15) is 0 Å². The molecule has 0 aliphatic rings. The number of carbonyl (C=O) groups is 2. The molecule has 2 atom stereocenters. The van der Waals surface area contributed by atoms with Crippen LogP contribution in [0.5, 0.6) is 0 Å². The van der Waals surface area contributed by atoms with E-state index >= 15 is 0 Å². The molecule has 0 rings (SSSR count). The number of nitrogens with one attached hydrogen (secondary N) is 1. The molecule has 0 heterocycles. The van der Waals surface area contributed by atoms with Crippen LogP contribution < -0.4 is 5.32 Å². The molecule has 3 N–H and O–H groups in total. The lowest BCUT2D eigenvalue weighted by atomic mass is 10.0. The number of esters is 1. The molecule has 0 aliphatic carbocycles. The fourth-order valence-electron chi connectivity index (χ4n) is 13.1. The Balaban J connectivity index is 3.37. The first-order valence-corrected chi connectivity index (χ1v) is 41.2. The third-order valence-electron chi connectivity index (χ3n) is 19.4. The molecule has 0 fully saturated rings. The van der Waals surface area contributed by atoms with E-state index in [0.29, 0.717) is 25.9 Å². The minimum atomic E-state index is -0.665. The lowest BCUT2D eigenvalue weighted by molar-refractivity contribution is -0.143. The van der Waals surface area contributed by atoms with Gasteiger partial charge in [-0.15, -0.1) is 0 Å². The van der Waals surface area contributed by atoms with Crippen molar-refractivity contribution in [3.63, 3.8) is 0 Å². The van der Waals surface area contributed by atoms with Gasteiger partial charge in [0.15, 0.2) is 0 Å². The lowest BCUT2D eigenvalue weighted by Crippen LogP contribution is -2.45. The Morgan fingerprint density at radius 2 is 0.556 bits per heavy atom. The fraction of sp³-hybridized carbons (Fsp3) is 0.905. The Morgan fingerprint density at radius 1 is 0.311 bits per heavy atom. The van der Waals surface area contributed by atoms with E-state index in [-0.39, 0.29) is 18.5 Å². The smallest absolute Gasteiger partial charge is 0.305 e. The Labute approximate surface area is 564 Å². The summed E-state index contributed by atoms with van der Waals surface area (Å²) in [5, 5.41) is 23.5. The molecule has 0 spiro atoms. The maximum atomic E-state index is 12.6. The second-order valence-electron chi connectivity index (χ2n) is 28.5. The number of carbonyl (C=O) groups excluding carboxylic acids is 2. The Hall–Kier alpha value is -1.92. The molecule has 1 amide bonds. The van der Waals surface area contributed by atoms with E-state index in [1.54, 1.807) is 0 Å². The zero-order valence-electron chi connectivity index (χ0n) is 61.1. The zero-order chi connectivity index (χ0) is 64.9. The standard InChI is InChI=1S/C84H161NO5/c1-3-5-7-9-11-13-15-17-19-21-23-24-38-41-44-48-52-56-60-64-68-72-76-82(87)81(80-86)85-83(88)77-73-69-65-61-57-53-49-45-42-39-36-34-32-30-28-26-25-27-29-31-33-35-37-40-43-47-51-55-59-63-67-71-75-79-90-84(89)78-74-70-66-62-58-54-50-46-22-20-18-16-14-12-10-8-6-4-2/h20,22,29,31,35,37,81-82,86-87H,3-19,21,23-28,30,32-34,36,38-80H2,1-2H3,(H,85,88)/b22-20-,31-29-,37-35-. The highest BCUT2D eigenvalue weighted by Gasteiger charge is 2.20. The number of unbranched alkanes of at least 4 members (excludes halogenated alkanes) is 61. The quantitative estimate of drug-likeness (QED) is 0.0320. The number of aliphatic hydroxyl groups is 2. The van der Waals surface area contributed by atoms with E-state index in [1.165, 1.54) is 379 Å². The van der Waals surface area contributed by atoms with Crippen LogP contribution in [0.3, 0.4) is 0 Å². The third-order valence-corrected chi connectivity index (χ3v) is 19.4. The average Bonchev–Trinajstić information content (AvgIpc) is 3.59. The first-order chi connectivity index (χ1) is 44.5. The van der Waals surface area contributed by atoms with Crippen LogP contribution >= 0.6 is 0 Å². The van der Waals surface area contributed by atoms with Gasteiger partial charge in [0.25, 0.3) is 0 Å². The maximum Gasteiger partial charge on any atom is 0.305 e. The Kier molecular flexibility index (Phi) is 77.8. The first kappa shape index (κ1) is 88.1. The SMILES string of the molecule is CCCCCCCCC/C=C\CCCCCCCCCC(=O)OCCCCCCCCCCC/C=C\C/C=C\CCCCCCCCCCCCCCCCCCCC(=O)NC(CO)C(O)CCCCCCCCCCCCCCCCCCCCCCCC. The fourth-order valence-corrected chi connectivity index (χ4v) is 13.1. The average molecular weight is 1270 g/mol. The lowest BCUT2D eigenvalue weighted by Gasteiger charge is -2.22. The normalized spacial score (nSPS) is 12.6. The molecule has 6 heteroatoms. The summed E-state index contributed by atoms with van der Waals surface area (Å²) in [6.45, 7) is 5.00. The van der Waals surface area contributed by atoms with Gasteiger partial charge in [0.05, 0.1) is 25.4 Å². The van der Waals surface area contributed by atoms with Crippen molar-refractivity contribution in [3.8, 4) is 0 Å². The van der Waals surface area contributed by atoms with Gasteiger partial charge < -0.3 is 20.3 Å². The van der Waals surface area contributed by atoms with Crippen molar-refractivity contribution < 1.29 is 24.5 Å². The summed E-state index contributed by atoms with van der Waals surface area (Å²) in [6.07, 6.45) is 104. The van der Waals surface area contributed by atoms with Crippen LogP contribution in [0, 0.1) is 0 Å². The number of hydrogen-bond acceptors (Lipinski definition) is 5. The molecular formula is C84H161NO5. The van der Waals surface area contributed by atoms with Crippen LogP contribution in [0.15, 0.2) is 36.5 Å². The number of ether oxygens (including phenoxy) is 1. The molecule has 0 saturated heterocycles. The van der Waals surface area contributed by atoms with Gasteiger partial charge in [-0.1, -0.05) is 403 Å². The highest BCUT2D eigenvalue weighted by molar-refractivity contribution is 5.76. The van der Waals surface area contributed by atoms with E-state index in [9.17, 15) is 19.8 Å². The Morgan fingerprint density at radius 3 is 0.856 bits per heavy atom. The molecule has 0 saturated carbocycles. The predicted molar refractivity (Wildman–Crippen MR) is 398 cm³/mol. The maximum absolute atomic E-state index is 12.6. The van der Waals surface area contributed by atoms with Crippen LogP contribution in [-0.4, -0.2) is 47.4 Å². The Bertz CT molecular complexity index is 1460. The van der Waals surface area contributed by atoms with Gasteiger partial charge in [-0.25, -0.2) is 0 Å². The van der Waals surface area contributed by atoms with Gasteiger partial charge in [-0.3, -0.25) is 9.59 Å². The summed E-state index contributed by atoms with van der Waals surface area (Å²) in [5.41, 5.74) is 0. The van der Waals surface area contributed by atoms with Gasteiger partial charge in [0.2, 0.25) is 5.91 Å². The molecule has 0 aromatic heterocycles. The predicted octanol–water partition coefficient (Wildman–Crippen LogP) is 27.4. The van der Waals surface area contributed by atoms with E-state index in [0.717, 1.165) is 51.4 Å². The van der Waals surface area contributed by atoms with Crippen molar-refractivity contribution in [1.82, 2.24) is 5.32 Å². The highest BCUT2D eigenvalue weighted by Crippen LogP contribution is 2.20. The topological polar surface area (TPSA) is 95.9 Å². The van der Waals surface area contributed by atoms with Crippen molar-refractivity contribution in [1.29, 1.82) is 0 Å². The summed E-state index contributed by atoms with van der Waals surface area (Å²) in [6, 6.07) is -0.542. The van der Waals surface area contributed by atoms with Gasteiger partial charge in [0, 0.05) is 12.8 Å². The van der Waals surface area contributed by atoms with E-state index in [4.69, 9.17) is 4.74 Å². The number of hydrogen-bond donors (Lipinski definition) is 3. The second-order valence-corrected chi connectivity index (χ2v) is 28.5. The third kappa shape index (κ3) is 75.1. The summed E-state index contributed by atoms with van der Waals surface area (Å²) < 4.78 is 5.51. The summed E-state index contributed by atoms with van der Waals surface area (Å²) in [5.74, 6) is -0.0156. The molecular weight excluding hydrogens is 1100 g/mol. The number of aliphatic hydroxyl groups excluding tert-OH is 2. The van der Waals surface area contributed by atoms with E-state index < -0.39 is 12.1 Å². The molecule has 532 valence electrons. The molecule has 6 nitrogen and oxygen atoms in total. The van der Waals surface area contributed by atoms with Crippen LogP contribution in [0.1, 0.15) is 463 Å². The second kappa shape index (κ2) is 79.5. The van der Waals surface area contributed by atoms with Crippen LogP contribution in [0.25, 0.3) is 0 Å². The van der Waals surface area contributed by atoms with Gasteiger partial charge >= 0.3 is 5.97 Å². The van der Waals surface area contributed by atoms with Crippen LogP contribution in [0.4, 0.5) is 0 Å². The molecule has 2 unspecified atom stereocenters. The number of rotatable bonds is 78. The number of amides is 1. The minimum Gasteiger partial charge on any atom is -0.466 e. The van der Waals surface area contributed by atoms with E-state index in [2.05, 4.69) is 55.6 Å². The summed E-state index contributed by atoms with van der Waals surface area (Å²) >= 11 is 0. The monoisotopic (exact) mass is 1260 g/mol. The molecule has 0 aromatic rings. The summed E-state index contributed by atoms with van der Waals surface area (Å²) in [7, 11) is 0. The molecule has 0 aliphatic heterocycles. The van der Waals surface area contributed by atoms with Crippen LogP contribution in [0.2, 0.25) is 0 Å². The minimum absolute atomic E-state index is 0.0122. The van der Waals surface area contributed by atoms with Crippen LogP contribution in [-0.2, 0) is 14.3 Å². The van der Waals surface area contributed by atoms with Crippen molar-refractivity contribution in [2.75, 3.05) is 13.2 Å².